The number of amides is 1. The standard InChI is InChI=1S/C30H37N7O2/c1-5-37-14-13-26-25(18-37)29(33-23-11-9-20(10-12-23)22(16-31)17-32)35-28(34-26)21-7-6-8-24(15-21)39-19-27(38)36-30(2,3)4/h6-12,15-17,31H,5,13-14,18-19,32H2,1-4H3,(H,36,38)(H,33,34,35)/b22-17+,31-16?. The van der Waals surface area contributed by atoms with Crippen molar-refractivity contribution in [3.63, 3.8) is 0 Å². The first kappa shape index (κ1) is 27.8. The molecule has 4 rings (SSSR count). The number of anilines is 2. The molecule has 9 heteroatoms. The summed E-state index contributed by atoms with van der Waals surface area (Å²) in [5.74, 6) is 1.76. The smallest absolute Gasteiger partial charge is 0.258 e. The lowest BCUT2D eigenvalue weighted by atomic mass is 10.0. The van der Waals surface area contributed by atoms with Gasteiger partial charge in [-0.1, -0.05) is 31.2 Å². The fraction of sp³-hybridized carbons (Fsp3) is 0.333. The summed E-state index contributed by atoms with van der Waals surface area (Å²) in [4.78, 5) is 24.5. The third kappa shape index (κ3) is 7.20. The van der Waals surface area contributed by atoms with Gasteiger partial charge in [-0.25, -0.2) is 9.97 Å². The van der Waals surface area contributed by atoms with E-state index < -0.39 is 0 Å². The van der Waals surface area contributed by atoms with Crippen molar-refractivity contribution in [2.24, 2.45) is 5.73 Å². The topological polar surface area (TPSA) is 129 Å². The molecule has 39 heavy (non-hydrogen) atoms. The normalized spacial score (nSPS) is 13.9. The van der Waals surface area contributed by atoms with Crippen molar-refractivity contribution in [2.45, 2.75) is 46.2 Å². The van der Waals surface area contributed by atoms with Gasteiger partial charge in [0, 0.05) is 59.9 Å². The zero-order chi connectivity index (χ0) is 28.0. The number of carbonyl (C=O) groups excluding carboxylic acids is 1. The van der Waals surface area contributed by atoms with Gasteiger partial charge in [0.1, 0.15) is 11.6 Å². The zero-order valence-electron chi connectivity index (χ0n) is 23.0. The minimum atomic E-state index is -0.320. The van der Waals surface area contributed by atoms with Crippen LogP contribution in [0.5, 0.6) is 5.75 Å². The predicted octanol–water partition coefficient (Wildman–Crippen LogP) is 4.51. The van der Waals surface area contributed by atoms with E-state index in [0.29, 0.717) is 17.1 Å². The number of rotatable bonds is 9. The summed E-state index contributed by atoms with van der Waals surface area (Å²) in [5, 5.41) is 13.9. The second kappa shape index (κ2) is 12.1. The first-order valence-electron chi connectivity index (χ1n) is 13.1. The van der Waals surface area contributed by atoms with Crippen LogP contribution >= 0.6 is 0 Å². The predicted molar refractivity (Wildman–Crippen MR) is 156 cm³/mol. The molecule has 1 amide bonds. The molecule has 9 nitrogen and oxygen atoms in total. The van der Waals surface area contributed by atoms with Crippen molar-refractivity contribution >= 4 is 29.2 Å². The molecular formula is C30H37N7O2. The van der Waals surface area contributed by atoms with Gasteiger partial charge in [0.15, 0.2) is 12.4 Å². The van der Waals surface area contributed by atoms with Crippen LogP contribution in [-0.4, -0.2) is 52.2 Å². The second-order valence-electron chi connectivity index (χ2n) is 10.5. The largest absolute Gasteiger partial charge is 0.484 e. The van der Waals surface area contributed by atoms with E-state index in [0.717, 1.165) is 59.9 Å². The third-order valence-electron chi connectivity index (χ3n) is 6.38. The van der Waals surface area contributed by atoms with E-state index in [2.05, 4.69) is 22.5 Å². The van der Waals surface area contributed by atoms with Gasteiger partial charge in [-0.15, -0.1) is 0 Å². The van der Waals surface area contributed by atoms with Gasteiger partial charge in [0.2, 0.25) is 0 Å². The van der Waals surface area contributed by atoms with Gasteiger partial charge in [0.05, 0.1) is 5.69 Å². The Balaban J connectivity index is 1.62. The summed E-state index contributed by atoms with van der Waals surface area (Å²) in [6.45, 7) is 10.6. The molecule has 0 spiro atoms. The quantitative estimate of drug-likeness (QED) is 0.301. The van der Waals surface area contributed by atoms with Crippen LogP contribution in [0.25, 0.3) is 17.0 Å². The molecule has 0 bridgehead atoms. The number of ether oxygens (including phenoxy) is 1. The highest BCUT2D eigenvalue weighted by atomic mass is 16.5. The van der Waals surface area contributed by atoms with Crippen LogP contribution in [0.2, 0.25) is 0 Å². The average molecular weight is 528 g/mol. The number of nitrogens with zero attached hydrogens (tertiary/aromatic N) is 3. The monoisotopic (exact) mass is 527 g/mol. The Morgan fingerprint density at radius 2 is 1.95 bits per heavy atom. The van der Waals surface area contributed by atoms with Crippen molar-refractivity contribution < 1.29 is 9.53 Å². The molecule has 0 unspecified atom stereocenters. The van der Waals surface area contributed by atoms with E-state index >= 15 is 0 Å². The minimum Gasteiger partial charge on any atom is -0.484 e. The Kier molecular flexibility index (Phi) is 8.61. The zero-order valence-corrected chi connectivity index (χ0v) is 23.0. The maximum absolute atomic E-state index is 12.2. The number of benzene rings is 2. The Labute approximate surface area is 230 Å². The molecule has 1 aliphatic rings. The fourth-order valence-electron chi connectivity index (χ4n) is 4.41. The van der Waals surface area contributed by atoms with Gasteiger partial charge in [0.25, 0.3) is 5.91 Å². The molecule has 1 aliphatic heterocycles. The Morgan fingerprint density at radius 1 is 1.18 bits per heavy atom. The SMILES string of the molecule is CCN1CCc2nc(-c3cccc(OCC(=O)NC(C)(C)C)c3)nc(Nc3ccc(/C(C=N)=C/N)cc3)c2C1. The highest BCUT2D eigenvalue weighted by molar-refractivity contribution is 6.08. The molecule has 3 aromatic rings. The van der Waals surface area contributed by atoms with Gasteiger partial charge in [-0.05, 0) is 57.1 Å². The van der Waals surface area contributed by atoms with Crippen molar-refractivity contribution in [1.29, 1.82) is 5.41 Å². The maximum Gasteiger partial charge on any atom is 0.258 e. The molecule has 1 aromatic heterocycles. The molecule has 0 atom stereocenters. The summed E-state index contributed by atoms with van der Waals surface area (Å²) in [6, 6.07) is 15.3. The molecule has 5 N–H and O–H groups in total. The van der Waals surface area contributed by atoms with Crippen LogP contribution in [0.4, 0.5) is 11.5 Å². The van der Waals surface area contributed by atoms with Gasteiger partial charge in [-0.3, -0.25) is 9.69 Å². The number of nitrogens with one attached hydrogen (secondary N) is 3. The lowest BCUT2D eigenvalue weighted by molar-refractivity contribution is -0.124. The Bertz CT molecular complexity index is 1360. The van der Waals surface area contributed by atoms with Crippen molar-refractivity contribution in [3.8, 4) is 17.1 Å². The molecule has 0 aliphatic carbocycles. The number of carbonyl (C=O) groups is 1. The summed E-state index contributed by atoms with van der Waals surface area (Å²) >= 11 is 0. The molecule has 0 fully saturated rings. The van der Waals surface area contributed by atoms with E-state index in [4.69, 9.17) is 25.8 Å². The first-order chi connectivity index (χ1) is 18.7. The van der Waals surface area contributed by atoms with Crippen LogP contribution in [0, 0.1) is 5.41 Å². The van der Waals surface area contributed by atoms with E-state index in [1.165, 1.54) is 12.4 Å². The van der Waals surface area contributed by atoms with Crippen LogP contribution < -0.4 is 21.1 Å². The number of fused-ring (bicyclic) bond motifs is 1. The summed E-state index contributed by atoms with van der Waals surface area (Å²) < 4.78 is 5.77. The van der Waals surface area contributed by atoms with Crippen LogP contribution in [0.1, 0.15) is 44.5 Å². The summed E-state index contributed by atoms with van der Waals surface area (Å²) in [7, 11) is 0. The number of allylic oxidation sites excluding steroid dienone is 1. The Hall–Kier alpha value is -4.24. The first-order valence-corrected chi connectivity index (χ1v) is 13.1. The number of nitrogens with two attached hydrogens (primary N) is 1. The van der Waals surface area contributed by atoms with Crippen molar-refractivity contribution in [2.75, 3.05) is 25.0 Å². The molecule has 0 saturated heterocycles. The summed E-state index contributed by atoms with van der Waals surface area (Å²) in [6.07, 6.45) is 3.50. The number of hydrogen-bond donors (Lipinski definition) is 4. The fourth-order valence-corrected chi connectivity index (χ4v) is 4.41. The number of likely N-dealkylation sites (N-methyl/N-ethyl adjacent to an activating group) is 1. The van der Waals surface area contributed by atoms with Gasteiger partial charge >= 0.3 is 0 Å². The molecule has 0 saturated carbocycles. The highest BCUT2D eigenvalue weighted by Crippen LogP contribution is 2.31. The Morgan fingerprint density at radius 3 is 2.62 bits per heavy atom. The summed E-state index contributed by atoms with van der Waals surface area (Å²) in [5.41, 5.74) is 10.6. The van der Waals surface area contributed by atoms with Crippen LogP contribution in [-0.2, 0) is 17.8 Å². The molecule has 204 valence electrons. The molecule has 0 radical (unpaired) electrons. The molecule has 2 heterocycles. The van der Waals surface area contributed by atoms with Crippen LogP contribution in [0.3, 0.4) is 0 Å². The van der Waals surface area contributed by atoms with Crippen molar-refractivity contribution in [3.05, 3.63) is 71.6 Å². The highest BCUT2D eigenvalue weighted by Gasteiger charge is 2.23. The third-order valence-corrected chi connectivity index (χ3v) is 6.38. The second-order valence-corrected chi connectivity index (χ2v) is 10.5. The van der Waals surface area contributed by atoms with Gasteiger partial charge in [-0.2, -0.15) is 0 Å². The van der Waals surface area contributed by atoms with E-state index in [1.54, 1.807) is 0 Å². The molecule has 2 aromatic carbocycles. The van der Waals surface area contributed by atoms with Crippen LogP contribution in [0.15, 0.2) is 54.7 Å². The maximum atomic E-state index is 12.2. The van der Waals surface area contributed by atoms with E-state index in [1.807, 2.05) is 69.3 Å². The number of aromatic nitrogens is 2. The van der Waals surface area contributed by atoms with E-state index in [-0.39, 0.29) is 18.1 Å². The van der Waals surface area contributed by atoms with Gasteiger partial charge < -0.3 is 26.5 Å². The average Bonchev–Trinajstić information content (AvgIpc) is 2.92. The lowest BCUT2D eigenvalue weighted by Gasteiger charge is -2.28. The minimum absolute atomic E-state index is 0.0690. The lowest BCUT2D eigenvalue weighted by Crippen LogP contribution is -2.43. The van der Waals surface area contributed by atoms with E-state index in [9.17, 15) is 4.79 Å². The molecular weight excluding hydrogens is 490 g/mol. The van der Waals surface area contributed by atoms with Crippen molar-refractivity contribution in [1.82, 2.24) is 20.2 Å². The number of hydrogen-bond acceptors (Lipinski definition) is 8.